The Kier molecular flexibility index (Phi) is 5.64. The zero-order valence-corrected chi connectivity index (χ0v) is 12.3. The van der Waals surface area contributed by atoms with E-state index in [2.05, 4.69) is 17.1 Å². The molecule has 1 fully saturated rings. The third-order valence-corrected chi connectivity index (χ3v) is 3.95. The zero-order chi connectivity index (χ0) is 15.2. The lowest BCUT2D eigenvalue weighted by atomic mass is 10.0. The van der Waals surface area contributed by atoms with Crippen molar-refractivity contribution in [2.24, 2.45) is 0 Å². The van der Waals surface area contributed by atoms with Gasteiger partial charge in [-0.1, -0.05) is 6.92 Å². The molecule has 0 unspecified atom stereocenters. The molecule has 5 nitrogen and oxygen atoms in total. The van der Waals surface area contributed by atoms with E-state index in [-0.39, 0.29) is 5.69 Å². The Labute approximate surface area is 124 Å². The van der Waals surface area contributed by atoms with E-state index in [1.165, 1.54) is 12.1 Å². The maximum atomic E-state index is 13.4. The predicted molar refractivity (Wildman–Crippen MR) is 79.6 cm³/mol. The summed E-state index contributed by atoms with van der Waals surface area (Å²) in [6.07, 6.45) is 3.04. The summed E-state index contributed by atoms with van der Waals surface area (Å²) in [6.45, 7) is 5.34. The average Bonchev–Trinajstić information content (AvgIpc) is 2.47. The van der Waals surface area contributed by atoms with Gasteiger partial charge in [-0.25, -0.2) is 4.39 Å². The van der Waals surface area contributed by atoms with Gasteiger partial charge < -0.3 is 5.32 Å². The molecule has 6 heteroatoms. The molecule has 1 aliphatic rings. The SMILES string of the molecule is CCCN(Cc1cc(F)ccc1[N+](=O)[O-])C1CCNCC1. The van der Waals surface area contributed by atoms with Crippen LogP contribution in [-0.2, 0) is 6.54 Å². The van der Waals surface area contributed by atoms with E-state index in [9.17, 15) is 14.5 Å². The van der Waals surface area contributed by atoms with Crippen molar-refractivity contribution in [2.75, 3.05) is 19.6 Å². The lowest BCUT2D eigenvalue weighted by Crippen LogP contribution is -2.43. The van der Waals surface area contributed by atoms with Crippen LogP contribution in [0.4, 0.5) is 10.1 Å². The molecule has 1 saturated heterocycles. The number of rotatable bonds is 6. The second-order valence-corrected chi connectivity index (χ2v) is 5.48. The van der Waals surface area contributed by atoms with Gasteiger partial charge in [0.2, 0.25) is 0 Å². The Balaban J connectivity index is 2.19. The molecule has 1 N–H and O–H groups in total. The third kappa shape index (κ3) is 4.22. The van der Waals surface area contributed by atoms with Crippen LogP contribution in [0.25, 0.3) is 0 Å². The fraction of sp³-hybridized carbons (Fsp3) is 0.600. The highest BCUT2D eigenvalue weighted by Crippen LogP contribution is 2.24. The summed E-state index contributed by atoms with van der Waals surface area (Å²) in [4.78, 5) is 12.9. The molecule has 0 radical (unpaired) electrons. The molecule has 1 heterocycles. The second-order valence-electron chi connectivity index (χ2n) is 5.48. The molecule has 1 aromatic rings. The molecule has 2 rings (SSSR count). The lowest BCUT2D eigenvalue weighted by molar-refractivity contribution is -0.385. The number of halogens is 1. The topological polar surface area (TPSA) is 58.4 Å². The van der Waals surface area contributed by atoms with E-state index in [4.69, 9.17) is 0 Å². The van der Waals surface area contributed by atoms with Crippen molar-refractivity contribution in [3.8, 4) is 0 Å². The number of nitro groups is 1. The summed E-state index contributed by atoms with van der Waals surface area (Å²) in [5.41, 5.74) is 0.471. The first-order valence-electron chi connectivity index (χ1n) is 7.49. The largest absolute Gasteiger partial charge is 0.317 e. The maximum absolute atomic E-state index is 13.4. The second kappa shape index (κ2) is 7.47. The van der Waals surface area contributed by atoms with Gasteiger partial charge in [-0.3, -0.25) is 15.0 Å². The quantitative estimate of drug-likeness (QED) is 0.647. The van der Waals surface area contributed by atoms with Crippen LogP contribution in [-0.4, -0.2) is 35.5 Å². The van der Waals surface area contributed by atoms with Gasteiger partial charge in [0.25, 0.3) is 5.69 Å². The van der Waals surface area contributed by atoms with Crippen molar-refractivity contribution in [2.45, 2.75) is 38.8 Å². The first-order chi connectivity index (χ1) is 10.1. The Morgan fingerprint density at radius 3 is 2.76 bits per heavy atom. The van der Waals surface area contributed by atoms with Crippen molar-refractivity contribution in [3.05, 3.63) is 39.7 Å². The highest BCUT2D eigenvalue weighted by Gasteiger charge is 2.23. The fourth-order valence-corrected chi connectivity index (χ4v) is 2.93. The van der Waals surface area contributed by atoms with Gasteiger partial charge in [0, 0.05) is 24.2 Å². The number of hydrogen-bond donors (Lipinski definition) is 1. The highest BCUT2D eigenvalue weighted by molar-refractivity contribution is 5.40. The molecule has 0 bridgehead atoms. The molecular weight excluding hydrogens is 273 g/mol. The molecule has 0 amide bonds. The lowest BCUT2D eigenvalue weighted by Gasteiger charge is -2.34. The summed E-state index contributed by atoms with van der Waals surface area (Å²) < 4.78 is 13.4. The van der Waals surface area contributed by atoms with Crippen LogP contribution in [0.15, 0.2) is 18.2 Å². The van der Waals surface area contributed by atoms with Crippen molar-refractivity contribution >= 4 is 5.69 Å². The number of nitro benzene ring substituents is 1. The Morgan fingerprint density at radius 1 is 1.43 bits per heavy atom. The van der Waals surface area contributed by atoms with Crippen LogP contribution in [0.2, 0.25) is 0 Å². The maximum Gasteiger partial charge on any atom is 0.274 e. The standard InChI is InChI=1S/C15H22FN3O2/c1-2-9-18(14-5-7-17-8-6-14)11-12-10-13(16)3-4-15(12)19(20)21/h3-4,10,14,17H,2,5-9,11H2,1H3. The highest BCUT2D eigenvalue weighted by atomic mass is 19.1. The van der Waals surface area contributed by atoms with E-state index in [1.807, 2.05) is 0 Å². The van der Waals surface area contributed by atoms with Crippen LogP contribution < -0.4 is 5.32 Å². The average molecular weight is 295 g/mol. The molecule has 0 aromatic heterocycles. The van der Waals surface area contributed by atoms with E-state index in [1.54, 1.807) is 0 Å². The predicted octanol–water partition coefficient (Wildman–Crippen LogP) is 2.70. The summed E-state index contributed by atoms with van der Waals surface area (Å²) in [5, 5.41) is 14.4. The summed E-state index contributed by atoms with van der Waals surface area (Å²) in [7, 11) is 0. The van der Waals surface area contributed by atoms with Crippen LogP contribution in [0.5, 0.6) is 0 Å². The first kappa shape index (κ1) is 15.9. The number of hydrogen-bond acceptors (Lipinski definition) is 4. The van der Waals surface area contributed by atoms with Gasteiger partial charge in [0.05, 0.1) is 4.92 Å². The van der Waals surface area contributed by atoms with Gasteiger partial charge in [-0.2, -0.15) is 0 Å². The minimum absolute atomic E-state index is 0.00596. The van der Waals surface area contributed by atoms with Crippen molar-refractivity contribution in [3.63, 3.8) is 0 Å². The summed E-state index contributed by atoms with van der Waals surface area (Å²) >= 11 is 0. The molecular formula is C15H22FN3O2. The monoisotopic (exact) mass is 295 g/mol. The minimum Gasteiger partial charge on any atom is -0.317 e. The Hall–Kier alpha value is -1.53. The molecule has 0 aliphatic carbocycles. The fourth-order valence-electron chi connectivity index (χ4n) is 2.93. The van der Waals surface area contributed by atoms with Crippen LogP contribution >= 0.6 is 0 Å². The minimum atomic E-state index is -0.429. The molecule has 0 atom stereocenters. The van der Waals surface area contributed by atoms with Gasteiger partial charge in [0.15, 0.2) is 0 Å². The van der Waals surface area contributed by atoms with Crippen molar-refractivity contribution in [1.29, 1.82) is 0 Å². The Bertz CT molecular complexity index is 490. The molecule has 116 valence electrons. The zero-order valence-electron chi connectivity index (χ0n) is 12.3. The smallest absolute Gasteiger partial charge is 0.274 e. The van der Waals surface area contributed by atoms with Gasteiger partial charge in [-0.15, -0.1) is 0 Å². The third-order valence-electron chi connectivity index (χ3n) is 3.95. The normalized spacial score (nSPS) is 16.3. The van der Waals surface area contributed by atoms with Gasteiger partial charge in [0.1, 0.15) is 5.82 Å². The molecule has 1 aliphatic heterocycles. The summed E-state index contributed by atoms with van der Waals surface area (Å²) in [6, 6.07) is 4.11. The van der Waals surface area contributed by atoms with E-state index >= 15 is 0 Å². The molecule has 1 aromatic carbocycles. The summed E-state index contributed by atoms with van der Waals surface area (Å²) in [5.74, 6) is -0.419. The van der Waals surface area contributed by atoms with Crippen molar-refractivity contribution < 1.29 is 9.31 Å². The molecule has 0 spiro atoms. The molecule has 0 saturated carbocycles. The number of piperidine rings is 1. The Morgan fingerprint density at radius 2 is 2.14 bits per heavy atom. The van der Waals surface area contributed by atoms with E-state index in [0.717, 1.165) is 45.0 Å². The van der Waals surface area contributed by atoms with Crippen molar-refractivity contribution in [1.82, 2.24) is 10.2 Å². The molecule has 21 heavy (non-hydrogen) atoms. The van der Waals surface area contributed by atoms with Gasteiger partial charge in [-0.05, 0) is 51.0 Å². The number of nitrogens with one attached hydrogen (secondary N) is 1. The number of nitrogens with zero attached hydrogens (tertiary/aromatic N) is 2. The van der Waals surface area contributed by atoms with Crippen LogP contribution in [0.3, 0.4) is 0 Å². The van der Waals surface area contributed by atoms with E-state index < -0.39 is 10.7 Å². The number of benzene rings is 1. The van der Waals surface area contributed by atoms with Crippen LogP contribution in [0.1, 0.15) is 31.7 Å². The van der Waals surface area contributed by atoms with Gasteiger partial charge >= 0.3 is 0 Å². The first-order valence-corrected chi connectivity index (χ1v) is 7.49. The van der Waals surface area contributed by atoms with E-state index in [0.29, 0.717) is 18.2 Å². The van der Waals surface area contributed by atoms with Crippen LogP contribution in [0, 0.1) is 15.9 Å².